The maximum absolute atomic E-state index is 10.9. The van der Waals surface area contributed by atoms with E-state index < -0.39 is 0 Å². The first-order valence-corrected chi connectivity index (χ1v) is 4.08. The fourth-order valence-corrected chi connectivity index (χ4v) is 1.35. The van der Waals surface area contributed by atoms with E-state index in [2.05, 4.69) is 5.32 Å². The summed E-state index contributed by atoms with van der Waals surface area (Å²) in [5.74, 6) is 0.306. The first-order valence-electron chi connectivity index (χ1n) is 4.08. The Morgan fingerprint density at radius 3 is 3.15 bits per heavy atom. The molecule has 0 aliphatic carbocycles. The van der Waals surface area contributed by atoms with Crippen LogP contribution < -0.4 is 15.8 Å². The largest absolute Gasteiger partial charge is 0.423 e. The molecule has 0 amide bonds. The molecule has 3 N–H and O–H groups in total. The van der Waals surface area contributed by atoms with Gasteiger partial charge in [-0.15, -0.1) is 0 Å². The van der Waals surface area contributed by atoms with Crippen molar-refractivity contribution in [3.63, 3.8) is 0 Å². The average molecular weight is 178 g/mol. The lowest BCUT2D eigenvalue weighted by Gasteiger charge is -2.19. The molecule has 1 aliphatic heterocycles. The lowest BCUT2D eigenvalue weighted by molar-refractivity contribution is -0.132. The van der Waals surface area contributed by atoms with Crippen LogP contribution in [0.4, 0.5) is 5.69 Å². The molecule has 0 saturated heterocycles. The predicted molar refractivity (Wildman–Crippen MR) is 48.5 cm³/mol. The highest BCUT2D eigenvalue weighted by Gasteiger charge is 2.17. The van der Waals surface area contributed by atoms with Crippen molar-refractivity contribution in [2.75, 3.05) is 11.9 Å². The lowest BCUT2D eigenvalue weighted by atomic mass is 10.1. The van der Waals surface area contributed by atoms with Gasteiger partial charge in [-0.3, -0.25) is 0 Å². The van der Waals surface area contributed by atoms with E-state index in [4.69, 9.17) is 10.5 Å². The molecule has 0 saturated carbocycles. The minimum absolute atomic E-state index is 0.212. The molecule has 0 aromatic heterocycles. The van der Waals surface area contributed by atoms with Crippen LogP contribution in [-0.4, -0.2) is 12.5 Å². The Morgan fingerprint density at radius 2 is 2.38 bits per heavy atom. The van der Waals surface area contributed by atoms with Crippen molar-refractivity contribution >= 4 is 11.7 Å². The summed E-state index contributed by atoms with van der Waals surface area (Å²) < 4.78 is 5.02. The predicted octanol–water partition coefficient (Wildman–Crippen LogP) is 0.476. The fourth-order valence-electron chi connectivity index (χ4n) is 1.35. The molecule has 1 heterocycles. The Bertz CT molecular complexity index is 349. The van der Waals surface area contributed by atoms with E-state index in [1.807, 2.05) is 12.1 Å². The van der Waals surface area contributed by atoms with Crippen molar-refractivity contribution in [2.24, 2.45) is 5.73 Å². The van der Waals surface area contributed by atoms with Gasteiger partial charge in [0.15, 0.2) is 5.75 Å². The summed E-state index contributed by atoms with van der Waals surface area (Å²) in [7, 11) is 0. The summed E-state index contributed by atoms with van der Waals surface area (Å²) in [6, 6.07) is 5.48. The molecule has 1 aliphatic rings. The van der Waals surface area contributed by atoms with Crippen molar-refractivity contribution in [3.8, 4) is 5.75 Å². The highest BCUT2D eigenvalue weighted by Crippen LogP contribution is 2.30. The molecule has 4 heteroatoms. The molecule has 13 heavy (non-hydrogen) atoms. The number of carbonyl (C=O) groups is 1. The van der Waals surface area contributed by atoms with Crippen molar-refractivity contribution < 1.29 is 9.53 Å². The third-order valence-electron chi connectivity index (χ3n) is 1.97. The van der Waals surface area contributed by atoms with Crippen LogP contribution in [0.5, 0.6) is 5.75 Å². The Hall–Kier alpha value is -1.55. The van der Waals surface area contributed by atoms with Crippen LogP contribution in [-0.2, 0) is 11.3 Å². The van der Waals surface area contributed by atoms with E-state index in [1.165, 1.54) is 0 Å². The van der Waals surface area contributed by atoms with Crippen LogP contribution in [0.3, 0.4) is 0 Å². The van der Waals surface area contributed by atoms with Crippen molar-refractivity contribution in [2.45, 2.75) is 6.54 Å². The van der Waals surface area contributed by atoms with E-state index in [1.54, 1.807) is 6.07 Å². The van der Waals surface area contributed by atoms with Gasteiger partial charge in [-0.2, -0.15) is 0 Å². The van der Waals surface area contributed by atoms with E-state index in [0.29, 0.717) is 12.3 Å². The minimum atomic E-state index is -0.262. The third kappa shape index (κ3) is 1.36. The molecule has 0 atom stereocenters. The van der Waals surface area contributed by atoms with E-state index in [9.17, 15) is 4.79 Å². The molecule has 68 valence electrons. The van der Waals surface area contributed by atoms with E-state index >= 15 is 0 Å². The van der Waals surface area contributed by atoms with Crippen molar-refractivity contribution in [1.82, 2.24) is 0 Å². The molecule has 0 spiro atoms. The number of rotatable bonds is 1. The first-order chi connectivity index (χ1) is 6.31. The number of benzene rings is 1. The average Bonchev–Trinajstić information content (AvgIpc) is 2.16. The Labute approximate surface area is 75.7 Å². The third-order valence-corrected chi connectivity index (χ3v) is 1.97. The number of ether oxygens (including phenoxy) is 1. The maximum Gasteiger partial charge on any atom is 0.330 e. The normalized spacial score (nSPS) is 14.4. The van der Waals surface area contributed by atoms with Crippen LogP contribution in [0.15, 0.2) is 18.2 Å². The van der Waals surface area contributed by atoms with Crippen LogP contribution in [0.25, 0.3) is 0 Å². The van der Waals surface area contributed by atoms with Gasteiger partial charge in [0.05, 0.1) is 5.69 Å². The van der Waals surface area contributed by atoms with Gasteiger partial charge in [-0.1, -0.05) is 12.1 Å². The van der Waals surface area contributed by atoms with Gasteiger partial charge in [0.2, 0.25) is 0 Å². The number of nitrogens with one attached hydrogen (secondary N) is 1. The molecule has 0 unspecified atom stereocenters. The fraction of sp³-hybridized carbons (Fsp3) is 0.222. The highest BCUT2D eigenvalue weighted by molar-refractivity contribution is 5.84. The zero-order chi connectivity index (χ0) is 9.26. The quantitative estimate of drug-likeness (QED) is 0.485. The van der Waals surface area contributed by atoms with Crippen LogP contribution in [0.2, 0.25) is 0 Å². The SMILES string of the molecule is NCc1cccc2c1NCC(=O)O2. The number of fused-ring (bicyclic) bond motifs is 1. The second-order valence-corrected chi connectivity index (χ2v) is 2.82. The molecule has 1 aromatic carbocycles. The number of esters is 1. The van der Waals surface area contributed by atoms with Crippen molar-refractivity contribution in [3.05, 3.63) is 23.8 Å². The number of carbonyl (C=O) groups excluding carboxylic acids is 1. The summed E-state index contributed by atoms with van der Waals surface area (Å²) >= 11 is 0. The van der Waals surface area contributed by atoms with Crippen LogP contribution in [0, 0.1) is 0 Å². The molecule has 1 aromatic rings. The highest BCUT2D eigenvalue weighted by atomic mass is 16.5. The lowest BCUT2D eigenvalue weighted by Crippen LogP contribution is -2.26. The monoisotopic (exact) mass is 178 g/mol. The first kappa shape index (κ1) is 8.07. The zero-order valence-corrected chi connectivity index (χ0v) is 7.04. The smallest absolute Gasteiger partial charge is 0.330 e. The number of nitrogens with two attached hydrogens (primary N) is 1. The Balaban J connectivity index is 2.45. The number of anilines is 1. The van der Waals surface area contributed by atoms with Gasteiger partial charge in [-0.05, 0) is 11.6 Å². The minimum Gasteiger partial charge on any atom is -0.423 e. The number of hydrogen-bond donors (Lipinski definition) is 2. The Kier molecular flexibility index (Phi) is 1.90. The summed E-state index contributed by atoms with van der Waals surface area (Å²) in [6.07, 6.45) is 0. The van der Waals surface area contributed by atoms with E-state index in [0.717, 1.165) is 11.3 Å². The van der Waals surface area contributed by atoms with Gasteiger partial charge in [0.25, 0.3) is 0 Å². The molecule has 0 bridgehead atoms. The summed E-state index contributed by atoms with van der Waals surface area (Å²) in [5.41, 5.74) is 7.33. The number of hydrogen-bond acceptors (Lipinski definition) is 4. The van der Waals surface area contributed by atoms with Gasteiger partial charge in [-0.25, -0.2) is 4.79 Å². The van der Waals surface area contributed by atoms with Gasteiger partial charge >= 0.3 is 5.97 Å². The van der Waals surface area contributed by atoms with Gasteiger partial charge in [0, 0.05) is 6.54 Å². The summed E-state index contributed by atoms with van der Waals surface area (Å²) in [6.45, 7) is 0.651. The summed E-state index contributed by atoms with van der Waals surface area (Å²) in [5, 5.41) is 2.98. The second kappa shape index (κ2) is 3.06. The van der Waals surface area contributed by atoms with Crippen molar-refractivity contribution in [1.29, 1.82) is 0 Å². The molecule has 2 rings (SSSR count). The standard InChI is InChI=1S/C9H10N2O2/c10-4-6-2-1-3-7-9(6)11-5-8(12)13-7/h1-3,11H,4-5,10H2. The summed E-state index contributed by atoms with van der Waals surface area (Å²) in [4.78, 5) is 10.9. The Morgan fingerprint density at radius 1 is 1.54 bits per heavy atom. The van der Waals surface area contributed by atoms with E-state index in [-0.39, 0.29) is 12.5 Å². The number of para-hydroxylation sites is 1. The topological polar surface area (TPSA) is 64.3 Å². The maximum atomic E-state index is 10.9. The second-order valence-electron chi connectivity index (χ2n) is 2.82. The van der Waals surface area contributed by atoms with Gasteiger partial charge < -0.3 is 15.8 Å². The van der Waals surface area contributed by atoms with Crippen LogP contribution >= 0.6 is 0 Å². The molecule has 0 fully saturated rings. The molecular formula is C9H10N2O2. The zero-order valence-electron chi connectivity index (χ0n) is 7.04. The molecule has 4 nitrogen and oxygen atoms in total. The van der Waals surface area contributed by atoms with Crippen LogP contribution in [0.1, 0.15) is 5.56 Å². The van der Waals surface area contributed by atoms with Gasteiger partial charge in [0.1, 0.15) is 6.54 Å². The molecule has 0 radical (unpaired) electrons. The molecular weight excluding hydrogens is 168 g/mol.